The summed E-state index contributed by atoms with van der Waals surface area (Å²) in [7, 11) is 0. The lowest BCUT2D eigenvalue weighted by Gasteiger charge is -2.02. The van der Waals surface area contributed by atoms with E-state index in [0.29, 0.717) is 0 Å². The van der Waals surface area contributed by atoms with Crippen LogP contribution in [0.5, 0.6) is 0 Å². The van der Waals surface area contributed by atoms with Crippen LogP contribution in [-0.2, 0) is 12.8 Å². The maximum absolute atomic E-state index is 2.43. The van der Waals surface area contributed by atoms with Crippen molar-refractivity contribution in [3.63, 3.8) is 0 Å². The molecule has 116 valence electrons. The monoisotopic (exact) mass is 405 g/mol. The first-order valence-corrected chi connectivity index (χ1v) is 9.43. The summed E-state index contributed by atoms with van der Waals surface area (Å²) < 4.78 is 2.30. The van der Waals surface area contributed by atoms with E-state index in [1.165, 1.54) is 71.5 Å². The zero-order chi connectivity index (χ0) is 15.5. The quantitative estimate of drug-likeness (QED) is 0.403. The van der Waals surface area contributed by atoms with Crippen molar-refractivity contribution in [2.45, 2.75) is 52.4 Å². The van der Waals surface area contributed by atoms with Gasteiger partial charge in [0, 0.05) is 10.8 Å². The fraction of sp³-hybridized carbons (Fsp3) is 0.400. The Morgan fingerprint density at radius 2 is 1.23 bits per heavy atom. The normalized spacial score (nSPS) is 11.6. The highest BCUT2D eigenvalue weighted by atomic mass is 127. The standard InChI is InChI=1S/C20H24IN/c1-3-5-7-15-9-11-19-17(13-15)18-14-16(8-6-4-2)10-12-20(18)22(19)21/h9-14H,3-8H2,1-2H3. The van der Waals surface area contributed by atoms with Crippen molar-refractivity contribution in [2.24, 2.45) is 0 Å². The van der Waals surface area contributed by atoms with Crippen molar-refractivity contribution in [2.75, 3.05) is 0 Å². The number of nitrogens with zero attached hydrogens (tertiary/aromatic N) is 1. The highest BCUT2D eigenvalue weighted by Gasteiger charge is 2.10. The van der Waals surface area contributed by atoms with Crippen molar-refractivity contribution in [3.8, 4) is 0 Å². The predicted molar refractivity (Wildman–Crippen MR) is 106 cm³/mol. The molecular formula is C20H24IN. The molecule has 0 atom stereocenters. The summed E-state index contributed by atoms with van der Waals surface area (Å²) in [5, 5.41) is 2.83. The van der Waals surface area contributed by atoms with Gasteiger partial charge in [0.05, 0.1) is 33.9 Å². The van der Waals surface area contributed by atoms with Crippen LogP contribution in [0.2, 0.25) is 0 Å². The second kappa shape index (κ2) is 7.03. The number of halogens is 1. The number of benzene rings is 2. The van der Waals surface area contributed by atoms with E-state index in [1.54, 1.807) is 0 Å². The molecule has 0 saturated heterocycles. The van der Waals surface area contributed by atoms with Gasteiger partial charge in [0.25, 0.3) is 0 Å². The van der Waals surface area contributed by atoms with E-state index in [0.717, 1.165) is 0 Å². The highest BCUT2D eigenvalue weighted by Crippen LogP contribution is 2.32. The lowest BCUT2D eigenvalue weighted by molar-refractivity contribution is 0.795. The Morgan fingerprint density at radius 3 is 1.64 bits per heavy atom. The molecule has 0 unspecified atom stereocenters. The van der Waals surface area contributed by atoms with E-state index < -0.39 is 0 Å². The van der Waals surface area contributed by atoms with Crippen LogP contribution in [0.1, 0.15) is 50.7 Å². The van der Waals surface area contributed by atoms with Gasteiger partial charge in [-0.2, -0.15) is 0 Å². The third kappa shape index (κ3) is 3.03. The smallest absolute Gasteiger partial charge is 0.0646 e. The van der Waals surface area contributed by atoms with Crippen molar-refractivity contribution in [3.05, 3.63) is 47.5 Å². The Kier molecular flexibility index (Phi) is 5.07. The minimum atomic E-state index is 1.19. The number of hydrogen-bond acceptors (Lipinski definition) is 0. The Hall–Kier alpha value is -1.03. The minimum absolute atomic E-state index is 1.19. The van der Waals surface area contributed by atoms with Gasteiger partial charge in [-0.05, 0) is 61.1 Å². The van der Waals surface area contributed by atoms with Crippen LogP contribution < -0.4 is 0 Å². The molecule has 2 heteroatoms. The molecule has 0 amide bonds. The van der Waals surface area contributed by atoms with Gasteiger partial charge >= 0.3 is 0 Å². The average molecular weight is 405 g/mol. The van der Waals surface area contributed by atoms with E-state index in [2.05, 4.69) is 75.9 Å². The molecule has 3 rings (SSSR count). The summed E-state index contributed by atoms with van der Waals surface area (Å²) >= 11 is 2.43. The second-order valence-corrected chi connectivity index (χ2v) is 7.16. The van der Waals surface area contributed by atoms with Crippen LogP contribution in [-0.4, -0.2) is 2.78 Å². The largest absolute Gasteiger partial charge is 0.282 e. The second-order valence-electron chi connectivity index (χ2n) is 6.19. The summed E-state index contributed by atoms with van der Waals surface area (Å²) in [5.41, 5.74) is 5.61. The summed E-state index contributed by atoms with van der Waals surface area (Å²) in [5.74, 6) is 0. The number of aromatic nitrogens is 1. The molecule has 0 aliphatic carbocycles. The average Bonchev–Trinajstić information content (AvgIpc) is 2.83. The molecular weight excluding hydrogens is 381 g/mol. The van der Waals surface area contributed by atoms with Crippen LogP contribution in [0, 0.1) is 0 Å². The topological polar surface area (TPSA) is 4.93 Å². The number of unbranched alkanes of at least 4 members (excludes halogenated alkanes) is 2. The molecule has 0 saturated carbocycles. The van der Waals surface area contributed by atoms with Crippen LogP contribution in [0.4, 0.5) is 0 Å². The van der Waals surface area contributed by atoms with Crippen LogP contribution in [0.3, 0.4) is 0 Å². The molecule has 0 aliphatic heterocycles. The zero-order valence-electron chi connectivity index (χ0n) is 13.5. The molecule has 3 aromatic rings. The van der Waals surface area contributed by atoms with Gasteiger partial charge in [-0.3, -0.25) is 2.78 Å². The maximum Gasteiger partial charge on any atom is 0.0646 e. The molecule has 0 fully saturated rings. The van der Waals surface area contributed by atoms with E-state index >= 15 is 0 Å². The van der Waals surface area contributed by atoms with Gasteiger partial charge in [-0.15, -0.1) is 0 Å². The van der Waals surface area contributed by atoms with Crippen molar-refractivity contribution in [1.82, 2.24) is 2.78 Å². The molecule has 0 aliphatic rings. The number of rotatable bonds is 6. The molecule has 0 radical (unpaired) electrons. The van der Waals surface area contributed by atoms with Gasteiger partial charge in [0.15, 0.2) is 0 Å². The molecule has 0 spiro atoms. The molecule has 1 heterocycles. The molecule has 1 nitrogen and oxygen atoms in total. The first kappa shape index (κ1) is 15.9. The maximum atomic E-state index is 2.43. The van der Waals surface area contributed by atoms with Gasteiger partial charge in [0.2, 0.25) is 0 Å². The molecule has 1 aromatic heterocycles. The van der Waals surface area contributed by atoms with E-state index in [4.69, 9.17) is 0 Å². The number of hydrogen-bond donors (Lipinski definition) is 0. The third-order valence-corrected chi connectivity index (χ3v) is 5.51. The van der Waals surface area contributed by atoms with E-state index in [-0.39, 0.29) is 0 Å². The Labute approximate surface area is 147 Å². The van der Waals surface area contributed by atoms with E-state index in [1.807, 2.05) is 0 Å². The third-order valence-electron chi connectivity index (χ3n) is 4.47. The fourth-order valence-corrected chi connectivity index (χ4v) is 3.98. The molecule has 2 aromatic carbocycles. The predicted octanol–water partition coefficient (Wildman–Crippen LogP) is 6.68. The SMILES string of the molecule is CCCCc1ccc2c(c1)c1cc(CCCC)ccc1n2I. The minimum Gasteiger partial charge on any atom is -0.282 e. The summed E-state index contributed by atoms with van der Waals surface area (Å²) in [4.78, 5) is 0. The molecule has 22 heavy (non-hydrogen) atoms. The van der Waals surface area contributed by atoms with Crippen LogP contribution in [0.15, 0.2) is 36.4 Å². The summed E-state index contributed by atoms with van der Waals surface area (Å²) in [6.07, 6.45) is 7.44. The van der Waals surface area contributed by atoms with Crippen molar-refractivity contribution < 1.29 is 0 Å². The van der Waals surface area contributed by atoms with E-state index in [9.17, 15) is 0 Å². The Bertz CT molecular complexity index is 720. The lowest BCUT2D eigenvalue weighted by Crippen LogP contribution is -1.85. The first-order valence-electron chi connectivity index (χ1n) is 8.46. The van der Waals surface area contributed by atoms with Gasteiger partial charge in [-0.25, -0.2) is 0 Å². The van der Waals surface area contributed by atoms with Crippen LogP contribution in [0.25, 0.3) is 21.8 Å². The van der Waals surface area contributed by atoms with Crippen molar-refractivity contribution in [1.29, 1.82) is 0 Å². The fourth-order valence-electron chi connectivity index (χ4n) is 3.14. The Balaban J connectivity index is 2.10. The first-order chi connectivity index (χ1) is 10.7. The Morgan fingerprint density at radius 1 is 0.773 bits per heavy atom. The number of fused-ring (bicyclic) bond motifs is 3. The molecule has 0 N–H and O–H groups in total. The zero-order valence-corrected chi connectivity index (χ0v) is 15.7. The summed E-state index contributed by atoms with van der Waals surface area (Å²) in [6.45, 7) is 4.52. The van der Waals surface area contributed by atoms with Gasteiger partial charge in [-0.1, -0.05) is 38.8 Å². The van der Waals surface area contributed by atoms with Gasteiger partial charge < -0.3 is 0 Å². The molecule has 0 bridgehead atoms. The van der Waals surface area contributed by atoms with Crippen LogP contribution >= 0.6 is 22.9 Å². The van der Waals surface area contributed by atoms with Crippen molar-refractivity contribution >= 4 is 44.7 Å². The van der Waals surface area contributed by atoms with Gasteiger partial charge in [0.1, 0.15) is 0 Å². The number of aryl methyl sites for hydroxylation is 2. The lowest BCUT2D eigenvalue weighted by atomic mass is 10.0. The summed E-state index contributed by atoms with van der Waals surface area (Å²) in [6, 6.07) is 14.0. The highest BCUT2D eigenvalue weighted by molar-refractivity contribution is 14.1.